The molecule has 0 amide bonds. The number of rotatable bonds is 7. The number of aryl methyl sites for hydroxylation is 1. The van der Waals surface area contributed by atoms with Crippen molar-refractivity contribution in [2.24, 2.45) is 0 Å². The Balaban J connectivity index is 2.11. The van der Waals surface area contributed by atoms with Gasteiger partial charge in [0.05, 0.1) is 12.3 Å². The van der Waals surface area contributed by atoms with Gasteiger partial charge in [-0.05, 0) is 38.5 Å². The van der Waals surface area contributed by atoms with Gasteiger partial charge in [-0.3, -0.25) is 0 Å². The van der Waals surface area contributed by atoms with Crippen molar-refractivity contribution in [3.63, 3.8) is 0 Å². The van der Waals surface area contributed by atoms with Gasteiger partial charge in [-0.25, -0.2) is 9.78 Å². The first-order valence-electron chi connectivity index (χ1n) is 7.92. The van der Waals surface area contributed by atoms with Crippen molar-refractivity contribution in [1.82, 2.24) is 4.98 Å². The third-order valence-corrected chi connectivity index (χ3v) is 4.78. The molecule has 0 radical (unpaired) electrons. The average Bonchev–Trinajstić information content (AvgIpc) is 2.97. The van der Waals surface area contributed by atoms with Crippen LogP contribution < -0.4 is 4.90 Å². The SMILES string of the molecule is CCN(c1ccccc1)c1nc(C)c(C(=O)OCCC(C)=C(F)F)s1. The van der Waals surface area contributed by atoms with Gasteiger partial charge in [0.1, 0.15) is 4.88 Å². The Hall–Kier alpha value is -2.28. The van der Waals surface area contributed by atoms with Crippen LogP contribution in [0.4, 0.5) is 19.6 Å². The number of benzene rings is 1. The van der Waals surface area contributed by atoms with E-state index in [1.54, 1.807) is 6.92 Å². The summed E-state index contributed by atoms with van der Waals surface area (Å²) in [5.41, 5.74) is 1.48. The Morgan fingerprint density at radius 2 is 1.96 bits per heavy atom. The minimum absolute atomic E-state index is 0.0177. The average molecular weight is 366 g/mol. The van der Waals surface area contributed by atoms with E-state index in [1.807, 2.05) is 42.2 Å². The van der Waals surface area contributed by atoms with E-state index in [-0.39, 0.29) is 18.6 Å². The number of aromatic nitrogens is 1. The summed E-state index contributed by atoms with van der Waals surface area (Å²) < 4.78 is 29.8. The van der Waals surface area contributed by atoms with Crippen LogP contribution in [0.2, 0.25) is 0 Å². The van der Waals surface area contributed by atoms with E-state index in [1.165, 1.54) is 18.3 Å². The third kappa shape index (κ3) is 4.85. The molecule has 0 unspecified atom stereocenters. The Morgan fingerprint density at radius 1 is 1.28 bits per heavy atom. The molecule has 0 spiro atoms. The number of esters is 1. The number of ether oxygens (including phenoxy) is 1. The second kappa shape index (κ2) is 8.71. The second-order valence-electron chi connectivity index (χ2n) is 5.42. The third-order valence-electron chi connectivity index (χ3n) is 3.62. The van der Waals surface area contributed by atoms with E-state index in [2.05, 4.69) is 4.98 Å². The summed E-state index contributed by atoms with van der Waals surface area (Å²) in [5.74, 6) is -0.530. The highest BCUT2D eigenvalue weighted by atomic mass is 32.1. The molecule has 0 N–H and O–H groups in total. The first-order valence-corrected chi connectivity index (χ1v) is 8.73. The number of anilines is 2. The first-order chi connectivity index (χ1) is 11.9. The Bertz CT molecular complexity index is 756. The molecule has 0 bridgehead atoms. The summed E-state index contributed by atoms with van der Waals surface area (Å²) in [6, 6.07) is 9.75. The fraction of sp³-hybridized carbons (Fsp3) is 0.333. The largest absolute Gasteiger partial charge is 0.461 e. The molecule has 0 saturated heterocycles. The number of carbonyl (C=O) groups is 1. The van der Waals surface area contributed by atoms with E-state index >= 15 is 0 Å². The zero-order valence-corrected chi connectivity index (χ0v) is 15.2. The molecule has 0 aliphatic heterocycles. The molecule has 0 atom stereocenters. The van der Waals surface area contributed by atoms with Crippen LogP contribution in [0.15, 0.2) is 42.0 Å². The highest BCUT2D eigenvalue weighted by Gasteiger charge is 2.20. The predicted octanol–water partition coefficient (Wildman–Crippen LogP) is 5.33. The molecule has 1 heterocycles. The molecular formula is C18H20F2N2O2S. The summed E-state index contributed by atoms with van der Waals surface area (Å²) in [7, 11) is 0. The van der Waals surface area contributed by atoms with Gasteiger partial charge in [0.25, 0.3) is 6.08 Å². The molecule has 0 saturated carbocycles. The van der Waals surface area contributed by atoms with Crippen molar-refractivity contribution < 1.29 is 18.3 Å². The minimum Gasteiger partial charge on any atom is -0.461 e. The molecule has 134 valence electrons. The smallest absolute Gasteiger partial charge is 0.350 e. The van der Waals surface area contributed by atoms with Crippen LogP contribution in [0.5, 0.6) is 0 Å². The van der Waals surface area contributed by atoms with E-state index < -0.39 is 12.0 Å². The summed E-state index contributed by atoms with van der Waals surface area (Å²) in [6.45, 7) is 5.68. The van der Waals surface area contributed by atoms with Crippen molar-refractivity contribution >= 4 is 28.1 Å². The van der Waals surface area contributed by atoms with Crippen molar-refractivity contribution in [2.45, 2.75) is 27.2 Å². The number of thiazole rings is 1. The molecular weight excluding hydrogens is 346 g/mol. The Morgan fingerprint density at radius 3 is 2.56 bits per heavy atom. The van der Waals surface area contributed by atoms with Crippen molar-refractivity contribution in [2.75, 3.05) is 18.1 Å². The number of carbonyl (C=O) groups excluding carboxylic acids is 1. The highest BCUT2D eigenvalue weighted by Crippen LogP contribution is 2.31. The van der Waals surface area contributed by atoms with Gasteiger partial charge in [0.15, 0.2) is 5.13 Å². The quantitative estimate of drug-likeness (QED) is 0.622. The second-order valence-corrected chi connectivity index (χ2v) is 6.39. The molecule has 0 aliphatic carbocycles. The number of para-hydroxylation sites is 1. The first kappa shape index (κ1) is 19.1. The van der Waals surface area contributed by atoms with Crippen LogP contribution in [-0.4, -0.2) is 24.1 Å². The van der Waals surface area contributed by atoms with E-state index in [0.717, 1.165) is 5.69 Å². The van der Waals surface area contributed by atoms with Crippen LogP contribution in [0, 0.1) is 6.92 Å². The van der Waals surface area contributed by atoms with Crippen LogP contribution >= 0.6 is 11.3 Å². The molecule has 7 heteroatoms. The Kier molecular flexibility index (Phi) is 6.64. The van der Waals surface area contributed by atoms with Gasteiger partial charge in [-0.1, -0.05) is 29.5 Å². The maximum absolute atomic E-state index is 12.4. The number of halogens is 2. The van der Waals surface area contributed by atoms with E-state index in [4.69, 9.17) is 4.74 Å². The maximum atomic E-state index is 12.4. The maximum Gasteiger partial charge on any atom is 0.350 e. The topological polar surface area (TPSA) is 42.4 Å². The van der Waals surface area contributed by atoms with E-state index in [0.29, 0.717) is 22.2 Å². The standard InChI is InChI=1S/C18H20F2N2O2S/c1-4-22(14-8-6-5-7-9-14)18-21-13(3)15(25-18)17(23)24-11-10-12(2)16(19)20/h5-9H,4,10-11H2,1-3H3. The van der Waals surface area contributed by atoms with Crippen molar-refractivity contribution in [1.29, 1.82) is 0 Å². The molecule has 4 nitrogen and oxygen atoms in total. The number of hydrogen-bond donors (Lipinski definition) is 0. The van der Waals surface area contributed by atoms with Gasteiger partial charge >= 0.3 is 5.97 Å². The van der Waals surface area contributed by atoms with Gasteiger partial charge in [-0.15, -0.1) is 0 Å². The summed E-state index contributed by atoms with van der Waals surface area (Å²) in [6.07, 6.45) is -1.71. The monoisotopic (exact) mass is 366 g/mol. The van der Waals surface area contributed by atoms with Crippen LogP contribution in [0.3, 0.4) is 0 Å². The molecule has 1 aromatic heterocycles. The van der Waals surface area contributed by atoms with Crippen molar-refractivity contribution in [3.05, 3.63) is 52.6 Å². The Labute approximate surface area is 149 Å². The molecule has 1 aromatic carbocycles. The van der Waals surface area contributed by atoms with Gasteiger partial charge in [0, 0.05) is 18.7 Å². The molecule has 0 aliphatic rings. The molecule has 2 aromatic rings. The van der Waals surface area contributed by atoms with Crippen LogP contribution in [0.25, 0.3) is 0 Å². The minimum atomic E-state index is -1.73. The number of nitrogens with zero attached hydrogens (tertiary/aromatic N) is 2. The predicted molar refractivity (Wildman–Crippen MR) is 95.8 cm³/mol. The summed E-state index contributed by atoms with van der Waals surface area (Å²) in [4.78, 5) is 19.1. The lowest BCUT2D eigenvalue weighted by Crippen LogP contribution is -2.15. The normalized spacial score (nSPS) is 10.4. The molecule has 0 fully saturated rings. The number of hydrogen-bond acceptors (Lipinski definition) is 5. The van der Waals surface area contributed by atoms with Crippen molar-refractivity contribution in [3.8, 4) is 0 Å². The zero-order chi connectivity index (χ0) is 18.4. The van der Waals surface area contributed by atoms with E-state index in [9.17, 15) is 13.6 Å². The van der Waals surface area contributed by atoms with Gasteiger partial charge in [0.2, 0.25) is 0 Å². The fourth-order valence-electron chi connectivity index (χ4n) is 2.18. The lowest BCUT2D eigenvalue weighted by atomic mass is 10.2. The van der Waals surface area contributed by atoms with Gasteiger partial charge in [-0.2, -0.15) is 8.78 Å². The lowest BCUT2D eigenvalue weighted by molar-refractivity contribution is 0.0512. The highest BCUT2D eigenvalue weighted by molar-refractivity contribution is 7.17. The lowest BCUT2D eigenvalue weighted by Gasteiger charge is -2.19. The fourth-order valence-corrected chi connectivity index (χ4v) is 3.23. The summed E-state index contributed by atoms with van der Waals surface area (Å²) in [5, 5.41) is 0.698. The van der Waals surface area contributed by atoms with Crippen LogP contribution in [0.1, 0.15) is 35.6 Å². The van der Waals surface area contributed by atoms with Crippen LogP contribution in [-0.2, 0) is 4.74 Å². The molecule has 2 rings (SSSR count). The zero-order valence-electron chi connectivity index (χ0n) is 14.4. The summed E-state index contributed by atoms with van der Waals surface area (Å²) >= 11 is 1.24. The van der Waals surface area contributed by atoms with Gasteiger partial charge < -0.3 is 9.64 Å². The molecule has 25 heavy (non-hydrogen) atoms.